The number of rotatable bonds is 7. The lowest BCUT2D eigenvalue weighted by Crippen LogP contribution is -2.13. The van der Waals surface area contributed by atoms with Crippen LogP contribution in [0.4, 0.5) is 0 Å². The number of H-pyrrole nitrogens is 1. The summed E-state index contributed by atoms with van der Waals surface area (Å²) in [4.78, 5) is 20.3. The molecule has 3 aromatic rings. The number of aryl methyl sites for hydroxylation is 2. The molecular formula is C20H26N4O2. The molecule has 0 spiro atoms. The Morgan fingerprint density at radius 2 is 2.04 bits per heavy atom. The van der Waals surface area contributed by atoms with E-state index in [0.717, 1.165) is 36.3 Å². The summed E-state index contributed by atoms with van der Waals surface area (Å²) >= 11 is 0. The molecule has 0 saturated carbocycles. The van der Waals surface area contributed by atoms with Crippen LogP contribution in [0.25, 0.3) is 22.4 Å². The molecule has 0 saturated heterocycles. The van der Waals surface area contributed by atoms with Gasteiger partial charge in [-0.15, -0.1) is 0 Å². The second-order valence-corrected chi connectivity index (χ2v) is 6.96. The molecular weight excluding hydrogens is 328 g/mol. The van der Waals surface area contributed by atoms with Crippen LogP contribution in [-0.2, 0) is 13.5 Å². The highest BCUT2D eigenvalue weighted by atomic mass is 16.5. The van der Waals surface area contributed by atoms with Crippen LogP contribution in [0, 0.1) is 5.92 Å². The minimum atomic E-state index is -0.181. The number of aromatic nitrogens is 4. The van der Waals surface area contributed by atoms with Gasteiger partial charge in [0.2, 0.25) is 0 Å². The van der Waals surface area contributed by atoms with Gasteiger partial charge < -0.3 is 9.72 Å². The highest BCUT2D eigenvalue weighted by molar-refractivity contribution is 5.79. The molecule has 26 heavy (non-hydrogen) atoms. The summed E-state index contributed by atoms with van der Waals surface area (Å²) in [6.07, 6.45) is 2.71. The van der Waals surface area contributed by atoms with E-state index in [4.69, 9.17) is 9.72 Å². The number of nitrogens with one attached hydrogen (secondary N) is 1. The number of hydrogen-bond acceptors (Lipinski definition) is 4. The predicted molar refractivity (Wildman–Crippen MR) is 104 cm³/mol. The number of para-hydroxylation sites is 1. The molecule has 3 rings (SSSR count). The lowest BCUT2D eigenvalue weighted by Gasteiger charge is -2.12. The fourth-order valence-corrected chi connectivity index (χ4v) is 2.97. The van der Waals surface area contributed by atoms with Crippen molar-refractivity contribution < 1.29 is 4.74 Å². The monoisotopic (exact) mass is 354 g/mol. The Balaban J connectivity index is 2.06. The minimum Gasteiger partial charge on any atom is -0.493 e. The van der Waals surface area contributed by atoms with Crippen LogP contribution in [-0.4, -0.2) is 26.4 Å². The lowest BCUT2D eigenvalue weighted by atomic mass is 10.1. The first kappa shape index (κ1) is 18.2. The van der Waals surface area contributed by atoms with Gasteiger partial charge in [-0.2, -0.15) is 5.10 Å². The molecule has 0 amide bonds. The van der Waals surface area contributed by atoms with Gasteiger partial charge >= 0.3 is 0 Å². The van der Waals surface area contributed by atoms with Crippen molar-refractivity contribution in [3.63, 3.8) is 0 Å². The first-order valence-corrected chi connectivity index (χ1v) is 9.19. The molecule has 0 aliphatic rings. The normalized spacial score (nSPS) is 11.4. The van der Waals surface area contributed by atoms with Crippen LogP contribution in [0.3, 0.4) is 0 Å². The number of fused-ring (bicyclic) bond motifs is 1. The standard InChI is InChI=1S/C20H26N4O2/c1-5-8-15-17-18(24(4)23-15)20(25)22-19(21-17)14-9-6-7-10-16(14)26-12-11-13(2)3/h6-7,9-10,13H,5,8,11-12H2,1-4H3,(H,21,22,25). The maximum Gasteiger partial charge on any atom is 0.277 e. The molecule has 0 bridgehead atoms. The first-order valence-electron chi connectivity index (χ1n) is 9.19. The summed E-state index contributed by atoms with van der Waals surface area (Å²) in [6, 6.07) is 7.68. The van der Waals surface area contributed by atoms with Crippen molar-refractivity contribution in [2.24, 2.45) is 13.0 Å². The van der Waals surface area contributed by atoms with E-state index < -0.39 is 0 Å². The highest BCUT2D eigenvalue weighted by Gasteiger charge is 2.17. The summed E-state index contributed by atoms with van der Waals surface area (Å²) in [6.45, 7) is 7.06. The molecule has 1 N–H and O–H groups in total. The Kier molecular flexibility index (Phi) is 5.40. The van der Waals surface area contributed by atoms with Gasteiger partial charge in [-0.05, 0) is 30.9 Å². The Hall–Kier alpha value is -2.63. The van der Waals surface area contributed by atoms with Gasteiger partial charge in [0.15, 0.2) is 5.52 Å². The number of hydrogen-bond donors (Lipinski definition) is 1. The van der Waals surface area contributed by atoms with Gasteiger partial charge in [0.25, 0.3) is 5.56 Å². The third-order valence-electron chi connectivity index (χ3n) is 4.34. The molecule has 2 aromatic heterocycles. The van der Waals surface area contributed by atoms with Crippen molar-refractivity contribution in [1.82, 2.24) is 19.7 Å². The van der Waals surface area contributed by atoms with Crippen LogP contribution in [0.1, 0.15) is 39.3 Å². The summed E-state index contributed by atoms with van der Waals surface area (Å²) in [5.74, 6) is 1.83. The van der Waals surface area contributed by atoms with Gasteiger partial charge in [-0.1, -0.05) is 39.3 Å². The second-order valence-electron chi connectivity index (χ2n) is 6.96. The van der Waals surface area contributed by atoms with Crippen LogP contribution in [0.5, 0.6) is 5.75 Å². The SMILES string of the molecule is CCCc1nn(C)c2c(=O)[nH]c(-c3ccccc3OCCC(C)C)nc12. The van der Waals surface area contributed by atoms with Crippen LogP contribution >= 0.6 is 0 Å². The summed E-state index contributed by atoms with van der Waals surface area (Å²) in [7, 11) is 1.78. The van der Waals surface area contributed by atoms with E-state index in [1.807, 2.05) is 24.3 Å². The van der Waals surface area contributed by atoms with Crippen molar-refractivity contribution in [2.45, 2.75) is 40.0 Å². The molecule has 0 aliphatic heterocycles. The van der Waals surface area contributed by atoms with Crippen molar-refractivity contribution in [3.8, 4) is 17.1 Å². The quantitative estimate of drug-likeness (QED) is 0.702. The van der Waals surface area contributed by atoms with Crippen molar-refractivity contribution in [1.29, 1.82) is 0 Å². The van der Waals surface area contributed by atoms with E-state index in [9.17, 15) is 4.79 Å². The van der Waals surface area contributed by atoms with Crippen LogP contribution in [0.15, 0.2) is 29.1 Å². The maximum atomic E-state index is 12.6. The molecule has 2 heterocycles. The molecule has 1 aromatic carbocycles. The van der Waals surface area contributed by atoms with E-state index in [1.54, 1.807) is 11.7 Å². The third-order valence-corrected chi connectivity index (χ3v) is 4.34. The first-order chi connectivity index (χ1) is 12.5. The van der Waals surface area contributed by atoms with Crippen LogP contribution in [0.2, 0.25) is 0 Å². The average molecular weight is 354 g/mol. The minimum absolute atomic E-state index is 0.181. The van der Waals surface area contributed by atoms with E-state index >= 15 is 0 Å². The smallest absolute Gasteiger partial charge is 0.277 e. The van der Waals surface area contributed by atoms with Crippen molar-refractivity contribution >= 4 is 11.0 Å². The Morgan fingerprint density at radius 1 is 1.27 bits per heavy atom. The third kappa shape index (κ3) is 3.64. The highest BCUT2D eigenvalue weighted by Crippen LogP contribution is 2.28. The number of aromatic amines is 1. The summed E-state index contributed by atoms with van der Waals surface area (Å²) in [5, 5.41) is 4.47. The number of nitrogens with zero attached hydrogens (tertiary/aromatic N) is 3. The van der Waals surface area contributed by atoms with Gasteiger partial charge in [0, 0.05) is 7.05 Å². The summed E-state index contributed by atoms with van der Waals surface area (Å²) < 4.78 is 7.57. The zero-order chi connectivity index (χ0) is 18.7. The number of benzene rings is 1. The molecule has 0 aliphatic carbocycles. The average Bonchev–Trinajstić information content (AvgIpc) is 2.91. The van der Waals surface area contributed by atoms with E-state index in [-0.39, 0.29) is 5.56 Å². The lowest BCUT2D eigenvalue weighted by molar-refractivity contribution is 0.290. The number of ether oxygens (including phenoxy) is 1. The molecule has 0 fully saturated rings. The molecule has 0 atom stereocenters. The second kappa shape index (κ2) is 7.72. The molecule has 6 heteroatoms. The zero-order valence-corrected chi connectivity index (χ0v) is 15.9. The van der Waals surface area contributed by atoms with Gasteiger partial charge in [-0.3, -0.25) is 9.48 Å². The largest absolute Gasteiger partial charge is 0.493 e. The predicted octanol–water partition coefficient (Wildman–Crippen LogP) is 3.70. The van der Waals surface area contributed by atoms with Gasteiger partial charge in [0.1, 0.15) is 17.1 Å². The molecule has 0 unspecified atom stereocenters. The van der Waals surface area contributed by atoms with Crippen molar-refractivity contribution in [3.05, 3.63) is 40.3 Å². The van der Waals surface area contributed by atoms with Gasteiger partial charge in [0.05, 0.1) is 17.9 Å². The zero-order valence-electron chi connectivity index (χ0n) is 15.9. The fraction of sp³-hybridized carbons (Fsp3) is 0.450. The Labute approximate surface area is 153 Å². The Bertz CT molecular complexity index is 956. The van der Waals surface area contributed by atoms with Gasteiger partial charge in [-0.25, -0.2) is 4.98 Å². The molecule has 138 valence electrons. The van der Waals surface area contributed by atoms with E-state index in [2.05, 4.69) is 30.9 Å². The molecule has 0 radical (unpaired) electrons. The fourth-order valence-electron chi connectivity index (χ4n) is 2.97. The topological polar surface area (TPSA) is 72.8 Å². The maximum absolute atomic E-state index is 12.6. The van der Waals surface area contributed by atoms with Crippen molar-refractivity contribution in [2.75, 3.05) is 6.61 Å². The van der Waals surface area contributed by atoms with Crippen LogP contribution < -0.4 is 10.3 Å². The summed E-state index contributed by atoms with van der Waals surface area (Å²) in [5.41, 5.74) is 2.65. The molecule has 6 nitrogen and oxygen atoms in total. The van der Waals surface area contributed by atoms with E-state index in [1.165, 1.54) is 0 Å². The Morgan fingerprint density at radius 3 is 2.77 bits per heavy atom. The van der Waals surface area contributed by atoms with E-state index in [0.29, 0.717) is 29.4 Å².